The molecule has 0 amide bonds. The number of fused-ring (bicyclic) bond motifs is 3. The lowest BCUT2D eigenvalue weighted by molar-refractivity contribution is 0.104. The molecule has 66 valence electrons. The quantitative estimate of drug-likeness (QED) is 0.579. The van der Waals surface area contributed by atoms with Gasteiger partial charge in [-0.3, -0.25) is 4.79 Å². The molecule has 0 atom stereocenters. The van der Waals surface area contributed by atoms with Crippen molar-refractivity contribution in [1.82, 2.24) is 4.98 Å². The van der Waals surface area contributed by atoms with E-state index in [9.17, 15) is 4.79 Å². The topological polar surface area (TPSA) is 67.0 Å². The second-order valence-electron chi connectivity index (χ2n) is 2.94. The van der Waals surface area contributed by atoms with Crippen molar-refractivity contribution < 1.29 is 4.79 Å². The van der Waals surface area contributed by atoms with Crippen molar-refractivity contribution in [3.8, 4) is 0 Å². The van der Waals surface area contributed by atoms with Gasteiger partial charge < -0.3 is 0 Å². The van der Waals surface area contributed by atoms with E-state index in [1.54, 1.807) is 12.3 Å². The fourth-order valence-electron chi connectivity index (χ4n) is 1.49. The van der Waals surface area contributed by atoms with Crippen molar-refractivity contribution in [1.29, 1.82) is 0 Å². The Kier molecular flexibility index (Phi) is 1.25. The normalized spacial score (nSPS) is 15.9. The Morgan fingerprint density at radius 2 is 2.21 bits per heavy atom. The summed E-state index contributed by atoms with van der Waals surface area (Å²) in [4.78, 5) is 15.6. The van der Waals surface area contributed by atoms with E-state index < -0.39 is 0 Å². The minimum atomic E-state index is -0.0720. The van der Waals surface area contributed by atoms with Crippen LogP contribution in [0.3, 0.4) is 0 Å². The fourth-order valence-corrected chi connectivity index (χ4v) is 1.49. The molecule has 1 aliphatic carbocycles. The number of carbonyl (C=O) groups is 1. The Hall–Kier alpha value is -2.17. The molecule has 1 aromatic rings. The molecule has 2 heterocycles. The maximum absolute atomic E-state index is 11.6. The Morgan fingerprint density at radius 1 is 1.29 bits per heavy atom. The van der Waals surface area contributed by atoms with Crippen LogP contribution in [-0.4, -0.2) is 10.8 Å². The summed E-state index contributed by atoms with van der Waals surface area (Å²) >= 11 is 0. The molecule has 2 aliphatic rings. The van der Waals surface area contributed by atoms with Crippen molar-refractivity contribution in [2.24, 2.45) is 15.4 Å². The van der Waals surface area contributed by atoms with Gasteiger partial charge in [0.1, 0.15) is 5.69 Å². The first-order valence-electron chi connectivity index (χ1n) is 4.07. The average Bonchev–Trinajstić information content (AvgIpc) is 2.65. The largest absolute Gasteiger partial charge is 0.289 e. The highest BCUT2D eigenvalue weighted by Crippen LogP contribution is 2.15. The van der Waals surface area contributed by atoms with Crippen LogP contribution >= 0.6 is 0 Å². The minimum Gasteiger partial charge on any atom is -0.289 e. The van der Waals surface area contributed by atoms with Gasteiger partial charge in [-0.1, -0.05) is 12.2 Å². The zero-order valence-corrected chi connectivity index (χ0v) is 7.01. The summed E-state index contributed by atoms with van der Waals surface area (Å²) in [5, 5.41) is 11.7. The third-order valence-corrected chi connectivity index (χ3v) is 2.12. The molecule has 0 unspecified atom stereocenters. The Balaban J connectivity index is 2.52. The summed E-state index contributed by atoms with van der Waals surface area (Å²) < 4.78 is 0. The van der Waals surface area contributed by atoms with Gasteiger partial charge >= 0.3 is 0 Å². The van der Waals surface area contributed by atoms with Crippen LogP contribution in [0.2, 0.25) is 0 Å². The molecule has 1 aromatic heterocycles. The third-order valence-electron chi connectivity index (χ3n) is 2.12. The first-order chi connectivity index (χ1) is 6.86. The lowest BCUT2D eigenvalue weighted by Gasteiger charge is -2.02. The standard InChI is InChI=1S/C9H4N4O/c14-6-3-1-2-5-4-10-9-8(7(5)6)11-13-12-9/h1-4H. The highest BCUT2D eigenvalue weighted by molar-refractivity contribution is 6.09. The molecule has 0 bridgehead atoms. The van der Waals surface area contributed by atoms with Crippen LogP contribution in [0.4, 0.5) is 5.69 Å². The first-order valence-corrected chi connectivity index (χ1v) is 4.07. The second-order valence-corrected chi connectivity index (χ2v) is 2.94. The van der Waals surface area contributed by atoms with E-state index in [0.717, 1.165) is 5.22 Å². The molecule has 0 radical (unpaired) electrons. The number of pyridine rings is 1. The van der Waals surface area contributed by atoms with E-state index in [-0.39, 0.29) is 5.78 Å². The maximum atomic E-state index is 11.6. The Bertz CT molecular complexity index is 612. The highest BCUT2D eigenvalue weighted by atomic mass is 16.1. The molecule has 5 nitrogen and oxygen atoms in total. The lowest BCUT2D eigenvalue weighted by atomic mass is 10.0. The fraction of sp³-hybridized carbons (Fsp3) is 0. The summed E-state index contributed by atoms with van der Waals surface area (Å²) in [6, 6.07) is 0. The van der Waals surface area contributed by atoms with E-state index in [1.165, 1.54) is 6.08 Å². The van der Waals surface area contributed by atoms with Crippen LogP contribution in [0.15, 0.2) is 33.8 Å². The summed E-state index contributed by atoms with van der Waals surface area (Å²) in [6.45, 7) is 0. The van der Waals surface area contributed by atoms with Crippen LogP contribution < -0.4 is 10.7 Å². The number of nitrogens with zero attached hydrogens (tertiary/aromatic N) is 4. The zero-order chi connectivity index (χ0) is 9.54. The molecule has 1 aliphatic heterocycles. The van der Waals surface area contributed by atoms with E-state index in [0.29, 0.717) is 16.7 Å². The molecule has 0 saturated heterocycles. The number of aromatic nitrogens is 1. The average molecular weight is 184 g/mol. The van der Waals surface area contributed by atoms with Crippen molar-refractivity contribution in [2.75, 3.05) is 0 Å². The van der Waals surface area contributed by atoms with Crippen molar-refractivity contribution in [3.63, 3.8) is 0 Å². The van der Waals surface area contributed by atoms with Crippen LogP contribution in [0.5, 0.6) is 0 Å². The van der Waals surface area contributed by atoms with Gasteiger partial charge in [-0.15, -0.1) is 10.2 Å². The van der Waals surface area contributed by atoms with Crippen LogP contribution in [0.1, 0.15) is 10.4 Å². The molecule has 0 N–H and O–H groups in total. The van der Waals surface area contributed by atoms with Crippen LogP contribution in [0.25, 0.3) is 6.08 Å². The number of ketones is 1. The van der Waals surface area contributed by atoms with Gasteiger partial charge in [0.15, 0.2) is 5.78 Å². The van der Waals surface area contributed by atoms with Crippen molar-refractivity contribution >= 4 is 17.5 Å². The van der Waals surface area contributed by atoms with Gasteiger partial charge in [-0.25, -0.2) is 4.98 Å². The maximum Gasteiger partial charge on any atom is 0.204 e. The van der Waals surface area contributed by atoms with Crippen molar-refractivity contribution in [3.05, 3.63) is 34.6 Å². The number of carbonyl (C=O) groups excluding carboxylic acids is 1. The third kappa shape index (κ3) is 0.806. The van der Waals surface area contributed by atoms with E-state index >= 15 is 0 Å². The molecule has 0 saturated carbocycles. The van der Waals surface area contributed by atoms with Crippen LogP contribution in [0, 0.1) is 0 Å². The highest BCUT2D eigenvalue weighted by Gasteiger charge is 2.17. The molecule has 14 heavy (non-hydrogen) atoms. The number of allylic oxidation sites excluding steroid dienone is 2. The van der Waals surface area contributed by atoms with Crippen molar-refractivity contribution in [2.45, 2.75) is 0 Å². The summed E-state index contributed by atoms with van der Waals surface area (Å²) in [5.74, 6) is -0.0720. The molecule has 0 spiro atoms. The van der Waals surface area contributed by atoms with E-state index in [4.69, 9.17) is 0 Å². The van der Waals surface area contributed by atoms with Gasteiger partial charge in [0.2, 0.25) is 5.49 Å². The molecule has 3 rings (SSSR count). The molecular formula is C9H4N4O. The van der Waals surface area contributed by atoms with Gasteiger partial charge in [-0.2, -0.15) is 0 Å². The molecular weight excluding hydrogens is 180 g/mol. The van der Waals surface area contributed by atoms with Gasteiger partial charge in [-0.05, 0) is 11.3 Å². The van der Waals surface area contributed by atoms with E-state index in [2.05, 4.69) is 20.4 Å². The predicted octanol–water partition coefficient (Wildman–Crippen LogP) is 0.246. The first kappa shape index (κ1) is 7.25. The van der Waals surface area contributed by atoms with Crippen LogP contribution in [-0.2, 0) is 0 Å². The number of hydrogen-bond acceptors (Lipinski definition) is 5. The molecule has 5 heteroatoms. The summed E-state index contributed by atoms with van der Waals surface area (Å²) in [6.07, 6.45) is 6.62. The predicted molar refractivity (Wildman–Crippen MR) is 47.5 cm³/mol. The summed E-state index contributed by atoms with van der Waals surface area (Å²) in [7, 11) is 0. The van der Waals surface area contributed by atoms with Gasteiger partial charge in [0, 0.05) is 11.4 Å². The lowest BCUT2D eigenvalue weighted by Crippen LogP contribution is -2.23. The van der Waals surface area contributed by atoms with Gasteiger partial charge in [0.25, 0.3) is 0 Å². The second kappa shape index (κ2) is 2.41. The SMILES string of the molecule is O=C1C=CC=c2cnc3c(c21)N=NN=3. The van der Waals surface area contributed by atoms with E-state index in [1.807, 2.05) is 6.08 Å². The zero-order valence-electron chi connectivity index (χ0n) is 7.01. The molecule has 0 fully saturated rings. The number of hydrogen-bond donors (Lipinski definition) is 0. The number of rotatable bonds is 0. The molecule has 0 aromatic carbocycles. The Morgan fingerprint density at radius 3 is 3.14 bits per heavy atom. The Labute approximate surface area is 78.2 Å². The van der Waals surface area contributed by atoms with Gasteiger partial charge in [0.05, 0.1) is 5.56 Å². The monoisotopic (exact) mass is 184 g/mol. The summed E-state index contributed by atoms with van der Waals surface area (Å²) in [5.41, 5.74) is 1.44. The minimum absolute atomic E-state index is 0.0720. The smallest absolute Gasteiger partial charge is 0.204 e.